The molecule has 1 N–H and O–H groups in total. The van der Waals surface area contributed by atoms with E-state index in [2.05, 4.69) is 4.72 Å². The number of benzene rings is 2. The largest absolute Gasteiger partial charge is 0.456 e. The molecule has 31 heavy (non-hydrogen) atoms. The minimum atomic E-state index is -3.84. The highest BCUT2D eigenvalue weighted by atomic mass is 32.2. The molecule has 0 saturated heterocycles. The van der Waals surface area contributed by atoms with E-state index in [0.29, 0.717) is 0 Å². The van der Waals surface area contributed by atoms with Crippen LogP contribution < -0.4 is 9.62 Å². The molecule has 0 amide bonds. The van der Waals surface area contributed by atoms with Crippen LogP contribution in [0.2, 0.25) is 0 Å². The fraction of sp³-hybridized carbons (Fsp3) is 0.304. The maximum atomic E-state index is 12.4. The zero-order valence-electron chi connectivity index (χ0n) is 18.0. The summed E-state index contributed by atoms with van der Waals surface area (Å²) in [6, 6.07) is 14.2. The average Bonchev–Trinajstić information content (AvgIpc) is 2.92. The second-order valence-electron chi connectivity index (χ2n) is 8.00. The first-order chi connectivity index (χ1) is 14.5. The van der Waals surface area contributed by atoms with E-state index in [1.165, 1.54) is 18.2 Å². The van der Waals surface area contributed by atoms with Crippen LogP contribution in [0.4, 0.5) is 5.69 Å². The number of ether oxygens (including phenoxy) is 1. The second-order valence-corrected chi connectivity index (χ2v) is 9.76. The summed E-state index contributed by atoms with van der Waals surface area (Å²) in [5.41, 5.74) is 3.49. The first-order valence-corrected chi connectivity index (χ1v) is 11.3. The van der Waals surface area contributed by atoms with Crippen LogP contribution in [0.1, 0.15) is 25.0 Å². The molecule has 1 aliphatic heterocycles. The Morgan fingerprint density at radius 2 is 1.74 bits per heavy atom. The van der Waals surface area contributed by atoms with Crippen molar-refractivity contribution in [2.45, 2.75) is 31.1 Å². The van der Waals surface area contributed by atoms with Crippen molar-refractivity contribution in [3.8, 4) is 0 Å². The van der Waals surface area contributed by atoms with Gasteiger partial charge in [0.05, 0.1) is 4.90 Å². The van der Waals surface area contributed by atoms with Crippen molar-refractivity contribution in [1.29, 1.82) is 0 Å². The lowest BCUT2D eigenvalue weighted by Crippen LogP contribution is -2.31. The van der Waals surface area contributed by atoms with Crippen LogP contribution in [-0.4, -0.2) is 40.4 Å². The smallest absolute Gasteiger partial charge is 0.321 e. The van der Waals surface area contributed by atoms with E-state index < -0.39 is 29.1 Å². The van der Waals surface area contributed by atoms with Gasteiger partial charge in [0.2, 0.25) is 10.0 Å². The number of aryl methyl sites for hydroxylation is 1. The summed E-state index contributed by atoms with van der Waals surface area (Å²) in [4.78, 5) is 26.4. The lowest BCUT2D eigenvalue weighted by molar-refractivity contribution is -0.145. The first-order valence-electron chi connectivity index (χ1n) is 9.82. The lowest BCUT2D eigenvalue weighted by atomic mass is 9.83. The van der Waals surface area contributed by atoms with Crippen molar-refractivity contribution < 1.29 is 22.7 Å². The molecule has 2 aromatic carbocycles. The number of fused-ring (bicyclic) bond motifs is 1. The van der Waals surface area contributed by atoms with E-state index >= 15 is 0 Å². The molecule has 8 heteroatoms. The Morgan fingerprint density at radius 3 is 2.39 bits per heavy atom. The van der Waals surface area contributed by atoms with E-state index in [1.807, 2.05) is 57.0 Å². The molecule has 0 atom stereocenters. The topological polar surface area (TPSA) is 92.8 Å². The fourth-order valence-corrected chi connectivity index (χ4v) is 4.58. The number of carbonyl (C=O) groups excluding carboxylic acids is 2. The molecule has 0 fully saturated rings. The maximum Gasteiger partial charge on any atom is 0.321 e. The number of ketones is 1. The van der Waals surface area contributed by atoms with Crippen molar-refractivity contribution in [2.75, 3.05) is 25.1 Å². The van der Waals surface area contributed by atoms with Gasteiger partial charge >= 0.3 is 5.97 Å². The quantitative estimate of drug-likeness (QED) is 0.524. The Balaban J connectivity index is 1.57. The van der Waals surface area contributed by atoms with Crippen LogP contribution >= 0.6 is 0 Å². The lowest BCUT2D eigenvalue weighted by Gasteiger charge is -2.23. The third kappa shape index (κ3) is 4.86. The predicted molar refractivity (Wildman–Crippen MR) is 118 cm³/mol. The number of para-hydroxylation sites is 1. The van der Waals surface area contributed by atoms with Crippen LogP contribution in [0.5, 0.6) is 0 Å². The number of hydrogen-bond acceptors (Lipinski definition) is 6. The Hall–Kier alpha value is -2.97. The van der Waals surface area contributed by atoms with Gasteiger partial charge in [0, 0.05) is 29.9 Å². The summed E-state index contributed by atoms with van der Waals surface area (Å²) in [7, 11) is -1.95. The number of sulfonamides is 1. The van der Waals surface area contributed by atoms with Gasteiger partial charge in [0.1, 0.15) is 6.54 Å². The molecule has 2 aromatic rings. The van der Waals surface area contributed by atoms with Crippen LogP contribution in [0.15, 0.2) is 65.2 Å². The Morgan fingerprint density at radius 1 is 1.10 bits per heavy atom. The van der Waals surface area contributed by atoms with Crippen molar-refractivity contribution in [1.82, 2.24) is 4.72 Å². The van der Waals surface area contributed by atoms with Crippen LogP contribution in [0, 0.1) is 6.92 Å². The van der Waals surface area contributed by atoms with Crippen molar-refractivity contribution >= 4 is 27.5 Å². The second kappa shape index (κ2) is 8.64. The van der Waals surface area contributed by atoms with Gasteiger partial charge in [-0.3, -0.25) is 9.59 Å². The van der Waals surface area contributed by atoms with E-state index in [-0.39, 0.29) is 16.1 Å². The summed E-state index contributed by atoms with van der Waals surface area (Å²) in [5, 5.41) is 0. The van der Waals surface area contributed by atoms with E-state index in [9.17, 15) is 18.0 Å². The van der Waals surface area contributed by atoms with Gasteiger partial charge in [0.15, 0.2) is 12.4 Å². The monoisotopic (exact) mass is 442 g/mol. The molecule has 0 bridgehead atoms. The Kier molecular flexibility index (Phi) is 6.33. The number of nitrogens with one attached hydrogen (secondary N) is 1. The van der Waals surface area contributed by atoms with Gasteiger partial charge in [-0.15, -0.1) is 0 Å². The molecule has 0 aromatic heterocycles. The van der Waals surface area contributed by atoms with Crippen molar-refractivity contribution in [2.24, 2.45) is 0 Å². The number of allylic oxidation sites excluding steroid dienone is 1. The predicted octanol–water partition coefficient (Wildman–Crippen LogP) is 2.70. The Labute approximate surface area is 182 Å². The Bertz CT molecular complexity index is 1130. The molecule has 0 unspecified atom stereocenters. The SMILES string of the molecule is Cc1ccc(S(=O)(=O)NCC(=O)OCC(=O)/C=C2\N(C)c3ccccc3C2(C)C)cc1. The zero-order chi connectivity index (χ0) is 22.8. The van der Waals surface area contributed by atoms with E-state index in [4.69, 9.17) is 4.74 Å². The summed E-state index contributed by atoms with van der Waals surface area (Å²) < 4.78 is 31.6. The van der Waals surface area contributed by atoms with Gasteiger partial charge in [-0.25, -0.2) is 8.42 Å². The molecule has 0 spiro atoms. The molecule has 3 rings (SSSR count). The molecule has 0 saturated carbocycles. The number of esters is 1. The van der Waals surface area contributed by atoms with Crippen LogP contribution in [0.3, 0.4) is 0 Å². The first kappa shape index (κ1) is 22.7. The average molecular weight is 443 g/mol. The highest BCUT2D eigenvalue weighted by Crippen LogP contribution is 2.46. The van der Waals surface area contributed by atoms with Gasteiger partial charge < -0.3 is 9.64 Å². The van der Waals surface area contributed by atoms with E-state index in [1.54, 1.807) is 12.1 Å². The number of rotatable bonds is 7. The third-order valence-corrected chi connectivity index (χ3v) is 6.77. The fourth-order valence-electron chi connectivity index (χ4n) is 3.61. The van der Waals surface area contributed by atoms with Gasteiger partial charge in [-0.1, -0.05) is 49.7 Å². The molecule has 1 heterocycles. The summed E-state index contributed by atoms with van der Waals surface area (Å²) in [5.74, 6) is -1.21. The van der Waals surface area contributed by atoms with Crippen molar-refractivity contribution in [3.63, 3.8) is 0 Å². The highest BCUT2D eigenvalue weighted by molar-refractivity contribution is 7.89. The number of carbonyl (C=O) groups is 2. The van der Waals surface area contributed by atoms with Gasteiger partial charge in [-0.05, 0) is 30.7 Å². The third-order valence-electron chi connectivity index (χ3n) is 5.35. The maximum absolute atomic E-state index is 12.4. The summed E-state index contributed by atoms with van der Waals surface area (Å²) in [6.45, 7) is 4.88. The highest BCUT2D eigenvalue weighted by Gasteiger charge is 2.38. The summed E-state index contributed by atoms with van der Waals surface area (Å²) >= 11 is 0. The van der Waals surface area contributed by atoms with E-state index in [0.717, 1.165) is 22.5 Å². The molecule has 0 radical (unpaired) electrons. The minimum Gasteiger partial charge on any atom is -0.456 e. The molecule has 0 aliphatic carbocycles. The minimum absolute atomic E-state index is 0.0535. The zero-order valence-corrected chi connectivity index (χ0v) is 18.8. The standard InChI is InChI=1S/C23H26N2O5S/c1-16-9-11-18(12-10-16)31(28,29)24-14-22(27)30-15-17(26)13-21-23(2,3)19-7-5-6-8-20(19)25(21)4/h5-13,24H,14-15H2,1-4H3/b21-13-. The van der Waals surface area contributed by atoms with Crippen LogP contribution in [-0.2, 0) is 29.8 Å². The number of likely N-dealkylation sites (N-methyl/N-ethyl adjacent to an activating group) is 1. The van der Waals surface area contributed by atoms with Gasteiger partial charge in [0.25, 0.3) is 0 Å². The normalized spacial score (nSPS) is 16.3. The summed E-state index contributed by atoms with van der Waals surface area (Å²) in [6.07, 6.45) is 1.48. The number of nitrogens with zero attached hydrogens (tertiary/aromatic N) is 1. The number of hydrogen-bond donors (Lipinski definition) is 1. The van der Waals surface area contributed by atoms with Gasteiger partial charge in [-0.2, -0.15) is 4.72 Å². The molecule has 164 valence electrons. The number of anilines is 1. The molecule has 7 nitrogen and oxygen atoms in total. The molecular formula is C23H26N2O5S. The molecular weight excluding hydrogens is 416 g/mol. The van der Waals surface area contributed by atoms with Crippen molar-refractivity contribution in [3.05, 3.63) is 71.4 Å². The van der Waals surface area contributed by atoms with Crippen LogP contribution in [0.25, 0.3) is 0 Å². The molecule has 1 aliphatic rings.